The van der Waals surface area contributed by atoms with Crippen molar-refractivity contribution >= 4 is 23.1 Å². The van der Waals surface area contributed by atoms with Gasteiger partial charge in [-0.25, -0.2) is 0 Å². The molecule has 0 saturated carbocycles. The summed E-state index contributed by atoms with van der Waals surface area (Å²) in [5.41, 5.74) is 7.56. The number of thioether (sulfide) groups is 1. The molecule has 92 valence electrons. The number of rotatable bonds is 7. The molecule has 4 N–H and O–H groups in total. The quantitative estimate of drug-likeness (QED) is 0.507. The summed E-state index contributed by atoms with van der Waals surface area (Å²) in [6.45, 7) is 1.09. The molecule has 0 aromatic heterocycles. The van der Waals surface area contributed by atoms with Crippen molar-refractivity contribution in [3.63, 3.8) is 0 Å². The van der Waals surface area contributed by atoms with Crippen LogP contribution in [-0.2, 0) is 0 Å². The van der Waals surface area contributed by atoms with Gasteiger partial charge in [-0.05, 0) is 30.4 Å². The highest BCUT2D eigenvalue weighted by atomic mass is 32.2. The SMILES string of the molecule is N#Cc1cc(NCCSCCCO)ccc1N. The Hall–Kier alpha value is -1.38. The minimum Gasteiger partial charge on any atom is -0.398 e. The predicted molar refractivity (Wildman–Crippen MR) is 73.1 cm³/mol. The third-order valence-corrected chi connectivity index (χ3v) is 3.27. The Kier molecular flexibility index (Phi) is 6.30. The molecule has 0 heterocycles. The molecule has 0 bridgehead atoms. The second-order valence-electron chi connectivity index (χ2n) is 3.53. The Balaban J connectivity index is 2.30. The molecule has 0 radical (unpaired) electrons. The first-order valence-electron chi connectivity index (χ1n) is 5.50. The molecule has 4 nitrogen and oxygen atoms in total. The van der Waals surface area contributed by atoms with E-state index in [4.69, 9.17) is 16.1 Å². The third kappa shape index (κ3) is 4.98. The Labute approximate surface area is 106 Å². The lowest BCUT2D eigenvalue weighted by Crippen LogP contribution is -2.05. The fraction of sp³-hybridized carbons (Fsp3) is 0.417. The Morgan fingerprint density at radius 3 is 2.94 bits per heavy atom. The van der Waals surface area contributed by atoms with Crippen molar-refractivity contribution in [3.05, 3.63) is 23.8 Å². The van der Waals surface area contributed by atoms with E-state index in [9.17, 15) is 0 Å². The number of nitrogens with two attached hydrogens (primary N) is 1. The van der Waals surface area contributed by atoms with Crippen molar-refractivity contribution < 1.29 is 5.11 Å². The predicted octanol–water partition coefficient (Wildman–Crippen LogP) is 1.67. The average Bonchev–Trinajstić information content (AvgIpc) is 2.35. The van der Waals surface area contributed by atoms with Gasteiger partial charge in [-0.1, -0.05) is 0 Å². The molecule has 1 aromatic rings. The zero-order valence-corrected chi connectivity index (χ0v) is 10.5. The average molecular weight is 251 g/mol. The van der Waals surface area contributed by atoms with Crippen LogP contribution in [0.4, 0.5) is 11.4 Å². The highest BCUT2D eigenvalue weighted by molar-refractivity contribution is 7.99. The van der Waals surface area contributed by atoms with Gasteiger partial charge in [-0.2, -0.15) is 17.0 Å². The monoisotopic (exact) mass is 251 g/mol. The molecular formula is C12H17N3OS. The van der Waals surface area contributed by atoms with Gasteiger partial charge in [0, 0.05) is 30.3 Å². The van der Waals surface area contributed by atoms with E-state index in [0.29, 0.717) is 11.3 Å². The van der Waals surface area contributed by atoms with Crippen LogP contribution < -0.4 is 11.1 Å². The smallest absolute Gasteiger partial charge is 0.101 e. The zero-order valence-electron chi connectivity index (χ0n) is 9.65. The number of aliphatic hydroxyl groups is 1. The summed E-state index contributed by atoms with van der Waals surface area (Å²) in [4.78, 5) is 0. The fourth-order valence-electron chi connectivity index (χ4n) is 1.30. The van der Waals surface area contributed by atoms with Crippen LogP contribution in [0.15, 0.2) is 18.2 Å². The van der Waals surface area contributed by atoms with E-state index in [0.717, 1.165) is 30.2 Å². The number of aliphatic hydroxyl groups excluding tert-OH is 1. The van der Waals surface area contributed by atoms with Gasteiger partial charge in [0.25, 0.3) is 0 Å². The lowest BCUT2D eigenvalue weighted by atomic mass is 10.2. The molecule has 1 rings (SSSR count). The maximum atomic E-state index is 8.83. The molecule has 0 aliphatic carbocycles. The number of anilines is 2. The van der Waals surface area contributed by atoms with Gasteiger partial charge in [0.2, 0.25) is 0 Å². The first kappa shape index (κ1) is 13.7. The van der Waals surface area contributed by atoms with Gasteiger partial charge < -0.3 is 16.2 Å². The van der Waals surface area contributed by atoms with Crippen LogP contribution >= 0.6 is 11.8 Å². The van der Waals surface area contributed by atoms with E-state index in [1.807, 2.05) is 6.07 Å². The molecule has 0 saturated heterocycles. The van der Waals surface area contributed by atoms with E-state index in [1.165, 1.54) is 0 Å². The van der Waals surface area contributed by atoms with Crippen molar-refractivity contribution in [2.75, 3.05) is 35.7 Å². The van der Waals surface area contributed by atoms with Gasteiger partial charge in [0.1, 0.15) is 6.07 Å². The first-order valence-corrected chi connectivity index (χ1v) is 6.65. The maximum absolute atomic E-state index is 8.83. The molecule has 0 atom stereocenters. The summed E-state index contributed by atoms with van der Waals surface area (Å²) in [7, 11) is 0. The van der Waals surface area contributed by atoms with Crippen molar-refractivity contribution in [1.29, 1.82) is 5.26 Å². The summed E-state index contributed by atoms with van der Waals surface area (Å²) in [6.07, 6.45) is 0.838. The van der Waals surface area contributed by atoms with Crippen molar-refractivity contribution in [3.8, 4) is 6.07 Å². The van der Waals surface area contributed by atoms with E-state index < -0.39 is 0 Å². The maximum Gasteiger partial charge on any atom is 0.101 e. The minimum atomic E-state index is 0.254. The molecule has 0 aliphatic heterocycles. The summed E-state index contributed by atoms with van der Waals surface area (Å²) >= 11 is 1.80. The molecule has 0 aliphatic rings. The number of nitrogen functional groups attached to an aromatic ring is 1. The van der Waals surface area contributed by atoms with E-state index in [1.54, 1.807) is 23.9 Å². The number of benzene rings is 1. The van der Waals surface area contributed by atoms with Crippen LogP contribution in [0.3, 0.4) is 0 Å². The van der Waals surface area contributed by atoms with Gasteiger partial charge >= 0.3 is 0 Å². The van der Waals surface area contributed by atoms with Gasteiger partial charge in [-0.15, -0.1) is 0 Å². The number of nitrogens with one attached hydrogen (secondary N) is 1. The number of hydrogen-bond acceptors (Lipinski definition) is 5. The van der Waals surface area contributed by atoms with Gasteiger partial charge in [0.15, 0.2) is 0 Å². The van der Waals surface area contributed by atoms with E-state index >= 15 is 0 Å². The fourth-order valence-corrected chi connectivity index (χ4v) is 2.08. The van der Waals surface area contributed by atoms with Gasteiger partial charge in [0.05, 0.1) is 5.56 Å². The second kappa shape index (κ2) is 7.82. The van der Waals surface area contributed by atoms with Crippen LogP contribution in [0.1, 0.15) is 12.0 Å². The standard InChI is InChI=1S/C12H17N3OS/c13-9-10-8-11(2-3-12(10)14)15-4-7-17-6-1-5-16/h2-3,8,15-16H,1,4-7,14H2. The number of hydrogen-bond donors (Lipinski definition) is 3. The van der Waals surface area contributed by atoms with Crippen LogP contribution in [0.25, 0.3) is 0 Å². The lowest BCUT2D eigenvalue weighted by molar-refractivity contribution is 0.296. The molecule has 0 amide bonds. The lowest BCUT2D eigenvalue weighted by Gasteiger charge is -2.07. The van der Waals surface area contributed by atoms with Crippen LogP contribution in [0.2, 0.25) is 0 Å². The number of nitrogens with zero attached hydrogens (tertiary/aromatic N) is 1. The molecule has 0 spiro atoms. The van der Waals surface area contributed by atoms with Crippen molar-refractivity contribution in [2.45, 2.75) is 6.42 Å². The highest BCUT2D eigenvalue weighted by Crippen LogP contribution is 2.16. The summed E-state index contributed by atoms with van der Waals surface area (Å²) < 4.78 is 0. The van der Waals surface area contributed by atoms with Crippen LogP contribution in [0, 0.1) is 11.3 Å². The van der Waals surface area contributed by atoms with Crippen LogP contribution in [-0.4, -0.2) is 29.8 Å². The zero-order chi connectivity index (χ0) is 12.5. The second-order valence-corrected chi connectivity index (χ2v) is 4.75. The van der Waals surface area contributed by atoms with Crippen molar-refractivity contribution in [2.24, 2.45) is 0 Å². The van der Waals surface area contributed by atoms with E-state index in [2.05, 4.69) is 11.4 Å². The molecule has 0 fully saturated rings. The summed E-state index contributed by atoms with van der Waals surface area (Å²) in [6, 6.07) is 7.42. The minimum absolute atomic E-state index is 0.254. The van der Waals surface area contributed by atoms with Crippen molar-refractivity contribution in [1.82, 2.24) is 0 Å². The van der Waals surface area contributed by atoms with Gasteiger partial charge in [-0.3, -0.25) is 0 Å². The Morgan fingerprint density at radius 1 is 1.41 bits per heavy atom. The first-order chi connectivity index (χ1) is 8.27. The summed E-state index contributed by atoms with van der Waals surface area (Å²) in [5.74, 6) is 1.95. The Bertz CT molecular complexity index is 390. The molecule has 5 heteroatoms. The topological polar surface area (TPSA) is 82.1 Å². The largest absolute Gasteiger partial charge is 0.398 e. The van der Waals surface area contributed by atoms with Crippen LogP contribution in [0.5, 0.6) is 0 Å². The number of nitriles is 1. The third-order valence-electron chi connectivity index (χ3n) is 2.20. The molecular weight excluding hydrogens is 234 g/mol. The van der Waals surface area contributed by atoms with E-state index in [-0.39, 0.29) is 6.61 Å². The Morgan fingerprint density at radius 2 is 2.24 bits per heavy atom. The molecule has 0 unspecified atom stereocenters. The normalized spacial score (nSPS) is 9.88. The molecule has 17 heavy (non-hydrogen) atoms. The summed E-state index contributed by atoms with van der Waals surface area (Å²) in [5, 5.41) is 20.7. The highest BCUT2D eigenvalue weighted by Gasteiger charge is 1.99. The molecule has 1 aromatic carbocycles.